The fourth-order valence-corrected chi connectivity index (χ4v) is 7.51. The van der Waals surface area contributed by atoms with Gasteiger partial charge in [-0.3, -0.25) is 9.59 Å². The highest BCUT2D eigenvalue weighted by molar-refractivity contribution is 5.95. The lowest BCUT2D eigenvalue weighted by atomic mass is 9.65. The fraction of sp³-hybridized carbons (Fsp3) is 0.474. The lowest BCUT2D eigenvalue weighted by Gasteiger charge is -2.45. The van der Waals surface area contributed by atoms with E-state index in [0.717, 1.165) is 0 Å². The minimum atomic E-state index is -1.79. The topological polar surface area (TPSA) is 116 Å². The molecule has 2 fully saturated rings. The Bertz CT molecular complexity index is 1530. The van der Waals surface area contributed by atoms with Crippen LogP contribution in [0.3, 0.4) is 0 Å². The van der Waals surface area contributed by atoms with Gasteiger partial charge in [-0.05, 0) is 79.2 Å². The van der Waals surface area contributed by atoms with Crippen LogP contribution in [0.5, 0.6) is 0 Å². The number of rotatable bonds is 5. The molecule has 3 aliphatic carbocycles. The van der Waals surface area contributed by atoms with Crippen molar-refractivity contribution in [2.75, 3.05) is 0 Å². The van der Waals surface area contributed by atoms with E-state index in [2.05, 4.69) is 20.4 Å². The van der Waals surface area contributed by atoms with Crippen LogP contribution in [-0.4, -0.2) is 52.7 Å². The fourth-order valence-electron chi connectivity index (χ4n) is 7.51. The van der Waals surface area contributed by atoms with E-state index in [1.54, 1.807) is 67.6 Å². The number of carbonyl (C=O) groups is 4. The summed E-state index contributed by atoms with van der Waals surface area (Å²) in [7, 11) is 0. The van der Waals surface area contributed by atoms with Gasteiger partial charge in [0.2, 0.25) is 0 Å². The second kappa shape index (κ2) is 13.0. The summed E-state index contributed by atoms with van der Waals surface area (Å²) in [6.07, 6.45) is 0.305. The van der Waals surface area contributed by atoms with Crippen molar-refractivity contribution >= 4 is 23.7 Å². The minimum Gasteiger partial charge on any atom is -0.458 e. The Morgan fingerprint density at radius 3 is 2.00 bits per heavy atom. The molecule has 8 nitrogen and oxygen atoms in total. The van der Waals surface area contributed by atoms with Gasteiger partial charge in [0.25, 0.3) is 0 Å². The molecule has 3 aliphatic rings. The third-order valence-electron chi connectivity index (χ3n) is 10.4. The molecular weight excluding hydrogens is 584 g/mol. The summed E-state index contributed by atoms with van der Waals surface area (Å²) in [4.78, 5) is 53.5. The van der Waals surface area contributed by atoms with Crippen molar-refractivity contribution in [2.24, 2.45) is 29.1 Å². The average molecular weight is 629 g/mol. The Morgan fingerprint density at radius 2 is 1.43 bits per heavy atom. The number of aliphatic hydroxyl groups is 1. The van der Waals surface area contributed by atoms with Gasteiger partial charge in [0.05, 0.1) is 17.0 Å². The first kappa shape index (κ1) is 33.3. The monoisotopic (exact) mass is 628 g/mol. The first-order valence-corrected chi connectivity index (χ1v) is 16.1. The number of ketones is 1. The Labute approximate surface area is 270 Å². The van der Waals surface area contributed by atoms with E-state index in [-0.39, 0.29) is 30.1 Å². The molecule has 0 aliphatic heterocycles. The quantitative estimate of drug-likeness (QED) is 0.234. The van der Waals surface area contributed by atoms with E-state index in [9.17, 15) is 24.3 Å². The lowest BCUT2D eigenvalue weighted by molar-refractivity contribution is -0.160. The maximum Gasteiger partial charge on any atom is 0.338 e. The molecule has 8 atom stereocenters. The molecule has 2 aromatic carbocycles. The molecular formula is C38H44O8. The molecule has 0 heterocycles. The van der Waals surface area contributed by atoms with E-state index in [1.165, 1.54) is 6.92 Å². The van der Waals surface area contributed by atoms with Gasteiger partial charge in [-0.15, -0.1) is 0 Å². The Morgan fingerprint density at radius 1 is 0.870 bits per heavy atom. The third-order valence-corrected chi connectivity index (χ3v) is 10.4. The Kier molecular flexibility index (Phi) is 9.41. The van der Waals surface area contributed by atoms with Crippen LogP contribution in [0, 0.1) is 29.1 Å². The van der Waals surface area contributed by atoms with Gasteiger partial charge < -0.3 is 19.3 Å². The molecule has 0 amide bonds. The second-order valence-electron chi connectivity index (χ2n) is 13.8. The van der Waals surface area contributed by atoms with Gasteiger partial charge in [-0.25, -0.2) is 9.59 Å². The zero-order chi connectivity index (χ0) is 33.4. The summed E-state index contributed by atoms with van der Waals surface area (Å²) in [5.41, 5.74) is -0.293. The Balaban J connectivity index is 1.56. The number of Topliss-reactive ketones (excluding diaryl/α,β-unsaturated/α-hetero) is 1. The van der Waals surface area contributed by atoms with Gasteiger partial charge in [0.1, 0.15) is 23.9 Å². The van der Waals surface area contributed by atoms with Crippen molar-refractivity contribution in [1.82, 2.24) is 0 Å². The van der Waals surface area contributed by atoms with Crippen LogP contribution in [0.1, 0.15) is 81.0 Å². The van der Waals surface area contributed by atoms with Crippen molar-refractivity contribution in [3.8, 4) is 0 Å². The Hall–Kier alpha value is -4.04. The van der Waals surface area contributed by atoms with Gasteiger partial charge >= 0.3 is 17.9 Å². The first-order chi connectivity index (χ1) is 21.7. The smallest absolute Gasteiger partial charge is 0.338 e. The molecule has 0 radical (unpaired) electrons. The SMILES string of the molecule is C=C1C(OC(C)=O)CC2C(=O)C(O)(CC(C)C2OC(=O)c2ccccc2)C(C)=CC2C(CCC1OC(=O)c1ccccc1)C2(C)C. The molecule has 2 saturated carbocycles. The summed E-state index contributed by atoms with van der Waals surface area (Å²) >= 11 is 0. The molecule has 0 saturated heterocycles. The molecule has 0 spiro atoms. The number of allylic oxidation sites excluding steroid dienone is 1. The number of hydrogen-bond acceptors (Lipinski definition) is 8. The van der Waals surface area contributed by atoms with Crippen LogP contribution in [0.4, 0.5) is 0 Å². The molecule has 0 aromatic heterocycles. The summed E-state index contributed by atoms with van der Waals surface area (Å²) in [5, 5.41) is 12.1. The van der Waals surface area contributed by atoms with Crippen molar-refractivity contribution < 1.29 is 38.5 Å². The highest BCUT2D eigenvalue weighted by Crippen LogP contribution is 2.62. The van der Waals surface area contributed by atoms with Crippen molar-refractivity contribution in [2.45, 2.75) is 84.2 Å². The summed E-state index contributed by atoms with van der Waals surface area (Å²) in [6, 6.07) is 17.1. The van der Waals surface area contributed by atoms with Crippen LogP contribution in [0.25, 0.3) is 0 Å². The largest absolute Gasteiger partial charge is 0.458 e. The van der Waals surface area contributed by atoms with E-state index in [1.807, 2.05) is 13.0 Å². The number of esters is 3. The van der Waals surface area contributed by atoms with Crippen LogP contribution in [0.15, 0.2) is 84.5 Å². The van der Waals surface area contributed by atoms with Gasteiger partial charge in [0.15, 0.2) is 5.78 Å². The molecule has 5 rings (SSSR count). The lowest BCUT2D eigenvalue weighted by Crippen LogP contribution is -2.57. The van der Waals surface area contributed by atoms with Crippen LogP contribution >= 0.6 is 0 Å². The zero-order valence-corrected chi connectivity index (χ0v) is 27.2. The average Bonchev–Trinajstić information content (AvgIpc) is 3.55. The van der Waals surface area contributed by atoms with E-state index >= 15 is 0 Å². The van der Waals surface area contributed by atoms with Crippen molar-refractivity contribution in [3.05, 3.63) is 95.6 Å². The molecule has 2 aromatic rings. The predicted molar refractivity (Wildman–Crippen MR) is 172 cm³/mol. The van der Waals surface area contributed by atoms with Gasteiger partial charge in [-0.2, -0.15) is 0 Å². The molecule has 46 heavy (non-hydrogen) atoms. The maximum atomic E-state index is 14.5. The van der Waals surface area contributed by atoms with Crippen LogP contribution in [-0.2, 0) is 23.8 Å². The zero-order valence-electron chi connectivity index (χ0n) is 27.2. The number of fused-ring (bicyclic) bond motifs is 3. The highest BCUT2D eigenvalue weighted by atomic mass is 16.6. The number of carbonyl (C=O) groups excluding carboxylic acids is 4. The van der Waals surface area contributed by atoms with E-state index in [4.69, 9.17) is 14.2 Å². The van der Waals surface area contributed by atoms with Crippen LogP contribution in [0.2, 0.25) is 0 Å². The molecule has 8 heteroatoms. The van der Waals surface area contributed by atoms with Crippen LogP contribution < -0.4 is 0 Å². The molecule has 2 bridgehead atoms. The van der Waals surface area contributed by atoms with Gasteiger partial charge in [-0.1, -0.05) is 69.8 Å². The standard InChI is InChI=1S/C38H44O8/c1-22-21-38(43)23(2)19-30-29(37(30,5)6)17-18-31(45-35(41)26-13-9-7-10-14-26)24(3)32(44-25(4)39)20-28(34(38)40)33(22)46-36(42)27-15-11-8-12-16-27/h7-16,19,22,28-33,43H,3,17-18,20-21H2,1-2,4-6H3. The summed E-state index contributed by atoms with van der Waals surface area (Å²) in [5.74, 6) is -3.39. The number of hydrogen-bond donors (Lipinski definition) is 1. The van der Waals surface area contributed by atoms with Gasteiger partial charge in [0, 0.05) is 18.9 Å². The maximum absolute atomic E-state index is 14.5. The van der Waals surface area contributed by atoms with E-state index < -0.39 is 59.4 Å². The minimum absolute atomic E-state index is 0.0751. The first-order valence-electron chi connectivity index (χ1n) is 16.1. The number of benzene rings is 2. The highest BCUT2D eigenvalue weighted by Gasteiger charge is 2.59. The summed E-state index contributed by atoms with van der Waals surface area (Å²) in [6.45, 7) is 13.5. The second-order valence-corrected chi connectivity index (χ2v) is 13.8. The molecule has 244 valence electrons. The predicted octanol–water partition coefficient (Wildman–Crippen LogP) is 6.28. The van der Waals surface area contributed by atoms with E-state index in [0.29, 0.717) is 35.1 Å². The summed E-state index contributed by atoms with van der Waals surface area (Å²) < 4.78 is 17.9. The van der Waals surface area contributed by atoms with Crippen molar-refractivity contribution in [3.63, 3.8) is 0 Å². The van der Waals surface area contributed by atoms with Crippen molar-refractivity contribution in [1.29, 1.82) is 0 Å². The third kappa shape index (κ3) is 6.59. The molecule has 8 unspecified atom stereocenters. The number of ether oxygens (including phenoxy) is 3. The molecule has 1 N–H and O–H groups in total. The normalized spacial score (nSPS) is 32.3.